The van der Waals surface area contributed by atoms with Crippen molar-refractivity contribution < 1.29 is 4.74 Å². The summed E-state index contributed by atoms with van der Waals surface area (Å²) in [6.07, 6.45) is 1.51. The topological polar surface area (TPSA) is 45.9 Å². The molecular weight excluding hydrogens is 304 g/mol. The van der Waals surface area contributed by atoms with Gasteiger partial charge in [-0.25, -0.2) is 4.98 Å². The molecule has 0 spiro atoms. The van der Waals surface area contributed by atoms with E-state index in [1.54, 1.807) is 24.3 Å². The highest BCUT2D eigenvalue weighted by atomic mass is 79.9. The van der Waals surface area contributed by atoms with Crippen molar-refractivity contribution in [3.05, 3.63) is 51.6 Å². The molecule has 1 aromatic carbocycles. The Bertz CT molecular complexity index is 595. The van der Waals surface area contributed by atoms with Gasteiger partial charge in [-0.2, -0.15) is 5.26 Å². The molecule has 0 aliphatic heterocycles. The largest absolute Gasteiger partial charge is 0.437 e. The first-order chi connectivity index (χ1) is 8.19. The van der Waals surface area contributed by atoms with Crippen LogP contribution in [0.4, 0.5) is 0 Å². The Balaban J connectivity index is 2.31. The number of rotatable bonds is 2. The molecule has 0 unspecified atom stereocenters. The summed E-state index contributed by atoms with van der Waals surface area (Å²) in [5.74, 6) is 0.827. The second kappa shape index (κ2) is 5.17. The van der Waals surface area contributed by atoms with Crippen molar-refractivity contribution in [2.45, 2.75) is 0 Å². The average molecular weight is 310 g/mol. The maximum atomic E-state index is 8.76. The molecule has 0 aliphatic carbocycles. The van der Waals surface area contributed by atoms with Crippen LogP contribution in [-0.4, -0.2) is 4.98 Å². The van der Waals surface area contributed by atoms with Crippen molar-refractivity contribution in [1.82, 2.24) is 4.98 Å². The Labute approximate surface area is 112 Å². The van der Waals surface area contributed by atoms with Gasteiger partial charge in [-0.1, -0.05) is 27.5 Å². The van der Waals surface area contributed by atoms with E-state index in [0.717, 1.165) is 4.47 Å². The summed E-state index contributed by atoms with van der Waals surface area (Å²) in [7, 11) is 0. The zero-order valence-electron chi connectivity index (χ0n) is 8.52. The Morgan fingerprint density at radius 2 is 2.12 bits per heavy atom. The Hall–Kier alpha value is -1.57. The molecule has 0 saturated carbocycles. The lowest BCUT2D eigenvalue weighted by Crippen LogP contribution is -1.89. The van der Waals surface area contributed by atoms with Crippen molar-refractivity contribution in [1.29, 1.82) is 5.26 Å². The van der Waals surface area contributed by atoms with E-state index in [1.165, 1.54) is 6.20 Å². The third kappa shape index (κ3) is 2.96. The number of ether oxygens (including phenoxy) is 1. The number of benzene rings is 1. The SMILES string of the molecule is N#Cc1ccnc(Oc2cc(Br)ccc2Cl)c1. The van der Waals surface area contributed by atoms with Gasteiger partial charge < -0.3 is 4.74 Å². The molecule has 0 bridgehead atoms. The molecule has 2 rings (SSSR count). The van der Waals surface area contributed by atoms with Crippen LogP contribution in [0.5, 0.6) is 11.6 Å². The van der Waals surface area contributed by atoms with E-state index < -0.39 is 0 Å². The van der Waals surface area contributed by atoms with Gasteiger partial charge in [0.1, 0.15) is 5.75 Å². The molecule has 0 N–H and O–H groups in total. The molecule has 0 aliphatic rings. The van der Waals surface area contributed by atoms with Crippen LogP contribution < -0.4 is 4.74 Å². The average Bonchev–Trinajstić information content (AvgIpc) is 2.34. The normalized spacial score (nSPS) is 9.71. The number of nitriles is 1. The molecule has 0 atom stereocenters. The molecule has 3 nitrogen and oxygen atoms in total. The second-order valence-corrected chi connectivity index (χ2v) is 4.49. The van der Waals surface area contributed by atoms with Gasteiger partial charge in [0, 0.05) is 16.7 Å². The van der Waals surface area contributed by atoms with E-state index in [0.29, 0.717) is 22.2 Å². The summed E-state index contributed by atoms with van der Waals surface area (Å²) in [4.78, 5) is 4.01. The van der Waals surface area contributed by atoms with E-state index in [1.807, 2.05) is 12.1 Å². The minimum Gasteiger partial charge on any atom is -0.437 e. The van der Waals surface area contributed by atoms with Crippen molar-refractivity contribution in [2.75, 3.05) is 0 Å². The first-order valence-corrected chi connectivity index (χ1v) is 5.85. The summed E-state index contributed by atoms with van der Waals surface area (Å²) in [6, 6.07) is 10.4. The van der Waals surface area contributed by atoms with Gasteiger partial charge in [0.2, 0.25) is 5.88 Å². The summed E-state index contributed by atoms with van der Waals surface area (Å²) in [5.41, 5.74) is 0.487. The third-order valence-electron chi connectivity index (χ3n) is 1.97. The van der Waals surface area contributed by atoms with Gasteiger partial charge in [-0.15, -0.1) is 0 Å². The Morgan fingerprint density at radius 1 is 1.29 bits per heavy atom. The first kappa shape index (κ1) is 11.9. The van der Waals surface area contributed by atoms with Crippen molar-refractivity contribution in [2.24, 2.45) is 0 Å². The first-order valence-electron chi connectivity index (χ1n) is 4.68. The maximum absolute atomic E-state index is 8.76. The monoisotopic (exact) mass is 308 g/mol. The van der Waals surface area contributed by atoms with Gasteiger partial charge in [0.25, 0.3) is 0 Å². The third-order valence-corrected chi connectivity index (χ3v) is 2.78. The standard InChI is InChI=1S/C12H6BrClN2O/c13-9-1-2-10(14)11(6-9)17-12-5-8(7-15)3-4-16-12/h1-6H. The highest BCUT2D eigenvalue weighted by Crippen LogP contribution is 2.31. The smallest absolute Gasteiger partial charge is 0.220 e. The fourth-order valence-electron chi connectivity index (χ4n) is 1.20. The van der Waals surface area contributed by atoms with Crippen LogP contribution >= 0.6 is 27.5 Å². The van der Waals surface area contributed by atoms with E-state index in [9.17, 15) is 0 Å². The molecule has 5 heteroatoms. The minimum atomic E-state index is 0.337. The molecule has 2 aromatic rings. The van der Waals surface area contributed by atoms with Crippen LogP contribution in [0.1, 0.15) is 5.56 Å². The highest BCUT2D eigenvalue weighted by Gasteiger charge is 2.05. The second-order valence-electron chi connectivity index (χ2n) is 3.17. The van der Waals surface area contributed by atoms with Crippen LogP contribution in [0, 0.1) is 11.3 Å². The molecule has 0 fully saturated rings. The molecule has 0 amide bonds. The van der Waals surface area contributed by atoms with Crippen LogP contribution in [0.2, 0.25) is 5.02 Å². The maximum Gasteiger partial charge on any atom is 0.220 e. The number of pyridine rings is 1. The van der Waals surface area contributed by atoms with Gasteiger partial charge >= 0.3 is 0 Å². The van der Waals surface area contributed by atoms with Gasteiger partial charge in [-0.05, 0) is 24.3 Å². The van der Waals surface area contributed by atoms with E-state index in [2.05, 4.69) is 20.9 Å². The zero-order valence-corrected chi connectivity index (χ0v) is 10.9. The summed E-state index contributed by atoms with van der Waals surface area (Å²) >= 11 is 9.31. The Morgan fingerprint density at radius 3 is 2.88 bits per heavy atom. The number of hydrogen-bond donors (Lipinski definition) is 0. The molecule has 1 heterocycles. The van der Waals surface area contributed by atoms with Crippen molar-refractivity contribution in [3.63, 3.8) is 0 Å². The molecule has 0 radical (unpaired) electrons. The highest BCUT2D eigenvalue weighted by molar-refractivity contribution is 9.10. The van der Waals surface area contributed by atoms with Gasteiger partial charge in [-0.3, -0.25) is 0 Å². The minimum absolute atomic E-state index is 0.337. The molecule has 17 heavy (non-hydrogen) atoms. The van der Waals surface area contributed by atoms with E-state index >= 15 is 0 Å². The van der Waals surface area contributed by atoms with Crippen molar-refractivity contribution >= 4 is 27.5 Å². The summed E-state index contributed by atoms with van der Waals surface area (Å²) < 4.78 is 6.36. The lowest BCUT2D eigenvalue weighted by Gasteiger charge is -2.06. The number of halogens is 2. The zero-order chi connectivity index (χ0) is 12.3. The number of nitrogens with zero attached hydrogens (tertiary/aromatic N) is 2. The van der Waals surface area contributed by atoms with Crippen LogP contribution in [-0.2, 0) is 0 Å². The van der Waals surface area contributed by atoms with Gasteiger partial charge in [0.15, 0.2) is 0 Å². The lowest BCUT2D eigenvalue weighted by molar-refractivity contribution is 0.462. The van der Waals surface area contributed by atoms with Crippen molar-refractivity contribution in [3.8, 4) is 17.7 Å². The molecule has 84 valence electrons. The van der Waals surface area contributed by atoms with Crippen LogP contribution in [0.25, 0.3) is 0 Å². The number of aromatic nitrogens is 1. The molecule has 1 aromatic heterocycles. The van der Waals surface area contributed by atoms with Crippen LogP contribution in [0.15, 0.2) is 41.0 Å². The molecular formula is C12H6BrClN2O. The fourth-order valence-corrected chi connectivity index (χ4v) is 1.70. The van der Waals surface area contributed by atoms with E-state index in [-0.39, 0.29) is 0 Å². The number of hydrogen-bond acceptors (Lipinski definition) is 3. The predicted molar refractivity (Wildman–Crippen MR) is 68.2 cm³/mol. The van der Waals surface area contributed by atoms with Gasteiger partial charge in [0.05, 0.1) is 16.7 Å². The summed E-state index contributed by atoms with van der Waals surface area (Å²) in [5, 5.41) is 9.24. The van der Waals surface area contributed by atoms with E-state index in [4.69, 9.17) is 21.6 Å². The summed E-state index contributed by atoms with van der Waals surface area (Å²) in [6.45, 7) is 0. The molecule has 0 saturated heterocycles. The predicted octanol–water partition coefficient (Wildman–Crippen LogP) is 4.16. The lowest BCUT2D eigenvalue weighted by atomic mass is 10.3. The quantitative estimate of drug-likeness (QED) is 0.836. The fraction of sp³-hybridized carbons (Fsp3) is 0. The Kier molecular flexibility index (Phi) is 3.62. The van der Waals surface area contributed by atoms with Crippen LogP contribution in [0.3, 0.4) is 0 Å².